The van der Waals surface area contributed by atoms with Gasteiger partial charge >= 0.3 is 5.97 Å². The molecule has 1 aromatic rings. The number of carbonyl (C=O) groups is 2. The van der Waals surface area contributed by atoms with E-state index in [-0.39, 0.29) is 18.2 Å². The molecule has 1 unspecified atom stereocenters. The van der Waals surface area contributed by atoms with E-state index in [1.165, 1.54) is 7.11 Å². The lowest BCUT2D eigenvalue weighted by molar-refractivity contribution is -0.144. The van der Waals surface area contributed by atoms with Crippen LogP contribution in [-0.2, 0) is 26.2 Å². The second-order valence-electron chi connectivity index (χ2n) is 4.34. The average molecular weight is 218 g/mol. The Morgan fingerprint density at radius 1 is 1.44 bits per heavy atom. The minimum Gasteiger partial charge on any atom is -0.469 e. The van der Waals surface area contributed by atoms with Crippen molar-refractivity contribution in [2.75, 3.05) is 7.11 Å². The molecule has 1 atom stereocenters. The summed E-state index contributed by atoms with van der Waals surface area (Å²) in [4.78, 5) is 23.4. The molecule has 0 N–H and O–H groups in total. The number of esters is 1. The third kappa shape index (κ3) is 1.52. The van der Waals surface area contributed by atoms with Crippen molar-refractivity contribution >= 4 is 11.8 Å². The molecule has 16 heavy (non-hydrogen) atoms. The number of Topliss-reactive ketones (excluding diaryl/α,β-unsaturated/α-hetero) is 1. The predicted molar refractivity (Wildman–Crippen MR) is 59.1 cm³/mol. The van der Waals surface area contributed by atoms with Gasteiger partial charge in [0, 0.05) is 6.42 Å². The first-order valence-corrected chi connectivity index (χ1v) is 5.26. The van der Waals surface area contributed by atoms with E-state index in [0.29, 0.717) is 6.42 Å². The molecular formula is C13H14O3. The van der Waals surface area contributed by atoms with Gasteiger partial charge in [0.2, 0.25) is 0 Å². The van der Waals surface area contributed by atoms with Crippen molar-refractivity contribution in [1.82, 2.24) is 0 Å². The normalized spacial score (nSPS) is 23.0. The standard InChI is InChI=1S/C13H14O3/c1-13(8-12(15)16-2)10-6-4-3-5-9(10)7-11(13)14/h3-6H,7-8H2,1-2H3. The average Bonchev–Trinajstić information content (AvgIpc) is 2.52. The first-order valence-electron chi connectivity index (χ1n) is 5.26. The first-order chi connectivity index (χ1) is 7.58. The van der Waals surface area contributed by atoms with Gasteiger partial charge < -0.3 is 4.74 Å². The molecule has 3 heteroatoms. The lowest BCUT2D eigenvalue weighted by Crippen LogP contribution is -2.31. The van der Waals surface area contributed by atoms with Gasteiger partial charge in [-0.15, -0.1) is 0 Å². The third-order valence-electron chi connectivity index (χ3n) is 3.30. The third-order valence-corrected chi connectivity index (χ3v) is 3.30. The Balaban J connectivity index is 2.40. The molecule has 0 spiro atoms. The molecule has 0 radical (unpaired) electrons. The maximum Gasteiger partial charge on any atom is 0.306 e. The van der Waals surface area contributed by atoms with Crippen molar-refractivity contribution in [3.63, 3.8) is 0 Å². The number of benzene rings is 1. The number of methoxy groups -OCH3 is 1. The zero-order valence-electron chi connectivity index (χ0n) is 9.45. The highest BCUT2D eigenvalue weighted by Gasteiger charge is 2.43. The molecule has 1 aliphatic rings. The summed E-state index contributed by atoms with van der Waals surface area (Å²) in [7, 11) is 1.34. The van der Waals surface area contributed by atoms with Crippen LogP contribution in [0.5, 0.6) is 0 Å². The quantitative estimate of drug-likeness (QED) is 0.709. The van der Waals surface area contributed by atoms with Crippen LogP contribution in [0.25, 0.3) is 0 Å². The summed E-state index contributed by atoms with van der Waals surface area (Å²) in [5.41, 5.74) is 1.29. The number of hydrogen-bond donors (Lipinski definition) is 0. The van der Waals surface area contributed by atoms with Crippen molar-refractivity contribution < 1.29 is 14.3 Å². The van der Waals surface area contributed by atoms with Gasteiger partial charge in [0.25, 0.3) is 0 Å². The van der Waals surface area contributed by atoms with Gasteiger partial charge in [-0.25, -0.2) is 0 Å². The summed E-state index contributed by atoms with van der Waals surface area (Å²) in [5.74, 6) is -0.244. The first kappa shape index (κ1) is 10.9. The minimum absolute atomic E-state index is 0.0964. The van der Waals surface area contributed by atoms with E-state index < -0.39 is 5.41 Å². The number of fused-ring (bicyclic) bond motifs is 1. The van der Waals surface area contributed by atoms with Crippen LogP contribution in [0.4, 0.5) is 0 Å². The van der Waals surface area contributed by atoms with Crippen LogP contribution in [0.3, 0.4) is 0 Å². The van der Waals surface area contributed by atoms with Crippen LogP contribution in [0.2, 0.25) is 0 Å². The molecule has 0 heterocycles. The van der Waals surface area contributed by atoms with E-state index in [1.807, 2.05) is 31.2 Å². The summed E-state index contributed by atoms with van der Waals surface area (Å²) in [6, 6.07) is 7.67. The summed E-state index contributed by atoms with van der Waals surface area (Å²) < 4.78 is 4.65. The van der Waals surface area contributed by atoms with Gasteiger partial charge in [-0.3, -0.25) is 9.59 Å². The fourth-order valence-electron chi connectivity index (χ4n) is 2.29. The zero-order valence-corrected chi connectivity index (χ0v) is 9.45. The molecular weight excluding hydrogens is 204 g/mol. The number of ketones is 1. The zero-order chi connectivity index (χ0) is 11.8. The fraction of sp³-hybridized carbons (Fsp3) is 0.385. The van der Waals surface area contributed by atoms with Gasteiger partial charge in [-0.1, -0.05) is 24.3 Å². The molecule has 1 aliphatic carbocycles. The van der Waals surface area contributed by atoms with Crippen LogP contribution in [0.15, 0.2) is 24.3 Å². The fourth-order valence-corrected chi connectivity index (χ4v) is 2.29. The lowest BCUT2D eigenvalue weighted by atomic mass is 9.80. The minimum atomic E-state index is -0.705. The van der Waals surface area contributed by atoms with Crippen LogP contribution in [-0.4, -0.2) is 18.9 Å². The van der Waals surface area contributed by atoms with E-state index in [0.717, 1.165) is 11.1 Å². The highest BCUT2D eigenvalue weighted by atomic mass is 16.5. The second kappa shape index (κ2) is 3.74. The molecule has 0 bridgehead atoms. The molecule has 0 aliphatic heterocycles. The van der Waals surface area contributed by atoms with Gasteiger partial charge in [0.1, 0.15) is 5.78 Å². The highest BCUT2D eigenvalue weighted by Crippen LogP contribution is 2.38. The van der Waals surface area contributed by atoms with Crippen molar-refractivity contribution in [3.8, 4) is 0 Å². The summed E-state index contributed by atoms with van der Waals surface area (Å²) in [6.45, 7) is 1.82. The smallest absolute Gasteiger partial charge is 0.306 e. The molecule has 3 nitrogen and oxygen atoms in total. The molecule has 0 amide bonds. The van der Waals surface area contributed by atoms with Crippen LogP contribution < -0.4 is 0 Å². The van der Waals surface area contributed by atoms with Crippen LogP contribution >= 0.6 is 0 Å². The van der Waals surface area contributed by atoms with E-state index in [1.54, 1.807) is 0 Å². The lowest BCUT2D eigenvalue weighted by Gasteiger charge is -2.22. The Morgan fingerprint density at radius 2 is 2.12 bits per heavy atom. The van der Waals surface area contributed by atoms with Crippen molar-refractivity contribution in [3.05, 3.63) is 35.4 Å². The Bertz CT molecular complexity index is 450. The summed E-state index contributed by atoms with van der Waals surface area (Å²) in [5, 5.41) is 0. The van der Waals surface area contributed by atoms with Gasteiger partial charge in [-0.05, 0) is 18.1 Å². The van der Waals surface area contributed by atoms with Gasteiger partial charge in [0.15, 0.2) is 0 Å². The van der Waals surface area contributed by atoms with Crippen molar-refractivity contribution in [2.24, 2.45) is 0 Å². The SMILES string of the molecule is COC(=O)CC1(C)C(=O)Cc2ccccc21. The monoisotopic (exact) mass is 218 g/mol. The number of ether oxygens (including phenoxy) is 1. The van der Waals surface area contributed by atoms with Crippen LogP contribution in [0, 0.1) is 0 Å². The molecule has 0 saturated heterocycles. The molecule has 1 aromatic carbocycles. The molecule has 0 fully saturated rings. The molecule has 0 saturated carbocycles. The van der Waals surface area contributed by atoms with Crippen molar-refractivity contribution in [1.29, 1.82) is 0 Å². The Morgan fingerprint density at radius 3 is 2.81 bits per heavy atom. The molecule has 84 valence electrons. The second-order valence-corrected chi connectivity index (χ2v) is 4.34. The number of hydrogen-bond acceptors (Lipinski definition) is 3. The van der Waals surface area contributed by atoms with Crippen molar-refractivity contribution in [2.45, 2.75) is 25.2 Å². The van der Waals surface area contributed by atoms with E-state index in [4.69, 9.17) is 0 Å². The topological polar surface area (TPSA) is 43.4 Å². The van der Waals surface area contributed by atoms with Gasteiger partial charge in [-0.2, -0.15) is 0 Å². The van der Waals surface area contributed by atoms with Crippen LogP contribution in [0.1, 0.15) is 24.5 Å². The van der Waals surface area contributed by atoms with E-state index >= 15 is 0 Å². The Hall–Kier alpha value is -1.64. The number of rotatable bonds is 2. The summed E-state index contributed by atoms with van der Waals surface area (Å²) >= 11 is 0. The predicted octanol–water partition coefficient (Wildman–Crippen LogP) is 1.63. The largest absolute Gasteiger partial charge is 0.469 e. The Labute approximate surface area is 94.4 Å². The maximum atomic E-state index is 12.0. The summed E-state index contributed by atoms with van der Waals surface area (Å²) in [6.07, 6.45) is 0.545. The van der Waals surface area contributed by atoms with Gasteiger partial charge in [0.05, 0.1) is 18.9 Å². The molecule has 0 aromatic heterocycles. The van der Waals surface area contributed by atoms with E-state index in [2.05, 4.69) is 4.74 Å². The molecule has 2 rings (SSSR count). The Kier molecular flexibility index (Phi) is 2.54. The maximum absolute atomic E-state index is 12.0. The number of carbonyl (C=O) groups excluding carboxylic acids is 2. The highest BCUT2D eigenvalue weighted by molar-refractivity contribution is 5.99. The van der Waals surface area contributed by atoms with E-state index in [9.17, 15) is 9.59 Å².